The summed E-state index contributed by atoms with van der Waals surface area (Å²) in [4.78, 5) is 0. The fraction of sp³-hybridized carbons (Fsp3) is 0.625. The molecular weight excluding hydrogens is 147 g/mol. The first kappa shape index (κ1) is 7.30. The predicted octanol–water partition coefficient (Wildman–Crippen LogP) is 1.94. The van der Waals surface area contributed by atoms with Crippen molar-refractivity contribution in [1.29, 1.82) is 0 Å². The summed E-state index contributed by atoms with van der Waals surface area (Å²) in [6.45, 7) is 6.77. The van der Waals surface area contributed by atoms with Crippen molar-refractivity contribution in [2.24, 2.45) is 10.8 Å². The topological polar surface area (TPSA) is 0 Å². The van der Waals surface area contributed by atoms with Crippen LogP contribution in [0.15, 0.2) is 12.2 Å². The summed E-state index contributed by atoms with van der Waals surface area (Å²) < 4.78 is 2.21. The second-order valence-corrected chi connectivity index (χ2v) is 3.87. The number of hydrogen-bond acceptors (Lipinski definition) is 0. The van der Waals surface area contributed by atoms with E-state index in [9.17, 15) is 0 Å². The van der Waals surface area contributed by atoms with Crippen LogP contribution in [0.3, 0.4) is 0 Å². The Labute approximate surface area is 65.8 Å². The molecule has 1 heteroatoms. The Kier molecular flexibility index (Phi) is 1.49. The third kappa shape index (κ3) is 1.06. The summed E-state index contributed by atoms with van der Waals surface area (Å²) in [5.41, 5.74) is 0.701. The molecule has 1 aliphatic rings. The van der Waals surface area contributed by atoms with Crippen molar-refractivity contribution >= 4 is 4.73 Å². The Hall–Kier alpha value is 0.194. The van der Waals surface area contributed by atoms with Crippen molar-refractivity contribution < 1.29 is 17.0 Å². The molecule has 0 bridgehead atoms. The van der Waals surface area contributed by atoms with E-state index in [0.29, 0.717) is 10.8 Å². The van der Waals surface area contributed by atoms with Gasteiger partial charge in [-0.15, -0.1) is 0 Å². The van der Waals surface area contributed by atoms with Gasteiger partial charge < -0.3 is 0 Å². The summed E-state index contributed by atoms with van der Waals surface area (Å²) in [6, 6.07) is 0. The molecule has 0 amide bonds. The minimum atomic E-state index is 0.326. The van der Waals surface area contributed by atoms with Gasteiger partial charge in [-0.05, 0) is 0 Å². The molecule has 0 fully saturated rings. The zero-order chi connectivity index (χ0) is 7.12. The summed E-state index contributed by atoms with van der Waals surface area (Å²) >= 11 is 2.55. The van der Waals surface area contributed by atoms with E-state index < -0.39 is 0 Å². The zero-order valence-corrected chi connectivity index (χ0v) is 7.58. The Morgan fingerprint density at radius 3 is 2.00 bits per heavy atom. The van der Waals surface area contributed by atoms with E-state index in [4.69, 9.17) is 0 Å². The number of hydrogen-bond donors (Lipinski definition) is 0. The average molecular weight is 159 g/mol. The Morgan fingerprint density at radius 1 is 1.44 bits per heavy atom. The van der Waals surface area contributed by atoms with Crippen LogP contribution in [0.4, 0.5) is 0 Å². The summed E-state index contributed by atoms with van der Waals surface area (Å²) in [6.07, 6.45) is 4.52. The van der Waals surface area contributed by atoms with Crippen LogP contribution < -0.4 is 0 Å². The second kappa shape index (κ2) is 1.84. The molecule has 49 valence electrons. The zero-order valence-electron chi connectivity index (χ0n) is 6.18. The van der Waals surface area contributed by atoms with Gasteiger partial charge in [0.25, 0.3) is 0 Å². The molecule has 0 aromatic heterocycles. The molecule has 0 aromatic rings. The van der Waals surface area contributed by atoms with Crippen LogP contribution in [0, 0.1) is 10.8 Å². The Bertz CT molecular complexity index is 159. The molecule has 0 aliphatic heterocycles. The molecule has 0 N–H and O–H groups in total. The maximum absolute atomic E-state index is 2.55. The van der Waals surface area contributed by atoms with Gasteiger partial charge in [-0.3, -0.25) is 0 Å². The van der Waals surface area contributed by atoms with Crippen LogP contribution in [0.25, 0.3) is 0 Å². The minimum absolute atomic E-state index is 0.326. The van der Waals surface area contributed by atoms with Crippen molar-refractivity contribution in [1.82, 2.24) is 0 Å². The Morgan fingerprint density at radius 2 is 1.89 bits per heavy atom. The summed E-state index contributed by atoms with van der Waals surface area (Å²) in [7, 11) is 0. The van der Waals surface area contributed by atoms with Gasteiger partial charge in [-0.2, -0.15) is 0 Å². The summed E-state index contributed by atoms with van der Waals surface area (Å²) in [5.74, 6) is 0. The normalized spacial score (nSPS) is 21.6. The van der Waals surface area contributed by atoms with Gasteiger partial charge in [0.1, 0.15) is 0 Å². The Balaban J connectivity index is 2.70. The van der Waals surface area contributed by atoms with Gasteiger partial charge in [-0.1, -0.05) is 0 Å². The third-order valence-electron chi connectivity index (χ3n) is 2.38. The van der Waals surface area contributed by atoms with Gasteiger partial charge in [0, 0.05) is 0 Å². The second-order valence-electron chi connectivity index (χ2n) is 3.47. The van der Waals surface area contributed by atoms with Crippen molar-refractivity contribution in [2.45, 2.75) is 20.8 Å². The van der Waals surface area contributed by atoms with Crippen LogP contribution in [-0.4, -0.2) is 4.73 Å². The molecule has 0 heterocycles. The molecular formula is C8H12V. The quantitative estimate of drug-likeness (QED) is 0.540. The van der Waals surface area contributed by atoms with E-state index in [1.165, 1.54) is 0 Å². The van der Waals surface area contributed by atoms with Crippen LogP contribution in [0.2, 0.25) is 0 Å². The first-order chi connectivity index (χ1) is 4.02. The van der Waals surface area contributed by atoms with Gasteiger partial charge in [-0.25, -0.2) is 0 Å². The van der Waals surface area contributed by atoms with Crippen molar-refractivity contribution in [3.05, 3.63) is 12.2 Å². The van der Waals surface area contributed by atoms with E-state index in [0.717, 1.165) is 0 Å². The van der Waals surface area contributed by atoms with Crippen molar-refractivity contribution in [2.75, 3.05) is 0 Å². The SMILES string of the molecule is CC(C)([CH]=[V])C1(C)C=C1. The van der Waals surface area contributed by atoms with E-state index >= 15 is 0 Å². The number of rotatable bonds is 2. The molecule has 0 unspecified atom stereocenters. The van der Waals surface area contributed by atoms with Crippen LogP contribution >= 0.6 is 0 Å². The van der Waals surface area contributed by atoms with Crippen LogP contribution in [0.5, 0.6) is 0 Å². The van der Waals surface area contributed by atoms with Crippen molar-refractivity contribution in [3.8, 4) is 0 Å². The fourth-order valence-corrected chi connectivity index (χ4v) is 1.13. The standard InChI is InChI=1S/C8H12.V/c1-7(2,3)8(4)5-6-8;/h1,5-6H,2-4H3;. The first-order valence-electron chi connectivity index (χ1n) is 3.21. The predicted molar refractivity (Wildman–Crippen MR) is 37.1 cm³/mol. The molecule has 0 radical (unpaired) electrons. The molecule has 0 spiro atoms. The third-order valence-corrected chi connectivity index (χ3v) is 3.39. The molecule has 0 saturated carbocycles. The molecule has 0 aromatic carbocycles. The van der Waals surface area contributed by atoms with Crippen LogP contribution in [-0.2, 0) is 17.0 Å². The molecule has 0 atom stereocenters. The van der Waals surface area contributed by atoms with Gasteiger partial charge >= 0.3 is 65.5 Å². The molecule has 9 heavy (non-hydrogen) atoms. The fourth-order valence-electron chi connectivity index (χ4n) is 0.694. The van der Waals surface area contributed by atoms with Gasteiger partial charge in [0.2, 0.25) is 0 Å². The van der Waals surface area contributed by atoms with E-state index in [2.05, 4.69) is 54.6 Å². The molecule has 1 rings (SSSR count). The summed E-state index contributed by atoms with van der Waals surface area (Å²) in [5, 5.41) is 0. The van der Waals surface area contributed by atoms with Crippen LogP contribution in [0.1, 0.15) is 20.8 Å². The number of allylic oxidation sites excluding steroid dienone is 2. The monoisotopic (exact) mass is 159 g/mol. The molecule has 0 saturated heterocycles. The molecule has 0 nitrogen and oxygen atoms in total. The maximum atomic E-state index is 2.55. The van der Waals surface area contributed by atoms with E-state index in [1.54, 1.807) is 0 Å². The molecule has 1 aliphatic carbocycles. The van der Waals surface area contributed by atoms with E-state index in [1.807, 2.05) is 0 Å². The first-order valence-corrected chi connectivity index (χ1v) is 4.01. The van der Waals surface area contributed by atoms with Crippen molar-refractivity contribution in [3.63, 3.8) is 0 Å². The van der Waals surface area contributed by atoms with Gasteiger partial charge in [0.15, 0.2) is 0 Å². The van der Waals surface area contributed by atoms with Gasteiger partial charge in [0.05, 0.1) is 0 Å². The van der Waals surface area contributed by atoms with E-state index in [-0.39, 0.29) is 0 Å². The average Bonchev–Trinajstić information content (AvgIpc) is 2.49.